The third-order valence-corrected chi connectivity index (χ3v) is 2.14. The van der Waals surface area contributed by atoms with E-state index in [0.29, 0.717) is 5.56 Å². The van der Waals surface area contributed by atoms with Gasteiger partial charge < -0.3 is 10.1 Å². The summed E-state index contributed by atoms with van der Waals surface area (Å²) in [6.07, 6.45) is 0. The highest BCUT2D eigenvalue weighted by Crippen LogP contribution is 2.19. The molecule has 0 aliphatic carbocycles. The lowest BCUT2D eigenvalue weighted by molar-refractivity contribution is 0.0601. The minimum Gasteiger partial charge on any atom is -0.465 e. The summed E-state index contributed by atoms with van der Waals surface area (Å²) in [4.78, 5) is 11.5. The van der Waals surface area contributed by atoms with Gasteiger partial charge in [-0.3, -0.25) is 0 Å². The number of para-hydroxylation sites is 1. The van der Waals surface area contributed by atoms with Crippen LogP contribution in [-0.4, -0.2) is 19.6 Å². The van der Waals surface area contributed by atoms with E-state index in [0.717, 1.165) is 12.2 Å². The maximum absolute atomic E-state index is 11.5. The number of nitrogens with one attached hydrogen (secondary N) is 1. The molecule has 0 saturated heterocycles. The van der Waals surface area contributed by atoms with Crippen molar-refractivity contribution in [3.8, 4) is 0 Å². The molecule has 3 heteroatoms. The van der Waals surface area contributed by atoms with Gasteiger partial charge in [-0.25, -0.2) is 4.79 Å². The van der Waals surface area contributed by atoms with Gasteiger partial charge in [0.05, 0.1) is 12.7 Å². The molecule has 16 heavy (non-hydrogen) atoms. The number of carbonyl (C=O) groups is 1. The van der Waals surface area contributed by atoms with Crippen LogP contribution in [0.3, 0.4) is 0 Å². The van der Waals surface area contributed by atoms with Gasteiger partial charge in [0.2, 0.25) is 0 Å². The van der Waals surface area contributed by atoms with E-state index in [9.17, 15) is 4.79 Å². The molecule has 0 heterocycles. The van der Waals surface area contributed by atoms with E-state index in [1.165, 1.54) is 7.11 Å². The Balaban J connectivity index is 2.83. The molecule has 0 amide bonds. The molecule has 88 valence electrons. The molecule has 1 aromatic carbocycles. The highest BCUT2D eigenvalue weighted by Gasteiger charge is 2.14. The van der Waals surface area contributed by atoms with E-state index in [4.69, 9.17) is 4.74 Å². The molecule has 0 unspecified atom stereocenters. The molecule has 0 bridgehead atoms. The fourth-order valence-electron chi connectivity index (χ4n) is 1.29. The second-order valence-electron chi connectivity index (χ2n) is 4.95. The topological polar surface area (TPSA) is 38.3 Å². The Morgan fingerprint density at radius 3 is 2.50 bits per heavy atom. The number of methoxy groups -OCH3 is 1. The average Bonchev–Trinajstić information content (AvgIpc) is 2.25. The Hall–Kier alpha value is -1.51. The summed E-state index contributed by atoms with van der Waals surface area (Å²) >= 11 is 0. The van der Waals surface area contributed by atoms with E-state index in [2.05, 4.69) is 26.1 Å². The lowest BCUT2D eigenvalue weighted by Crippen LogP contribution is -2.20. The lowest BCUT2D eigenvalue weighted by atomic mass is 9.96. The Morgan fingerprint density at radius 2 is 1.94 bits per heavy atom. The van der Waals surface area contributed by atoms with Crippen molar-refractivity contribution in [2.45, 2.75) is 20.8 Å². The monoisotopic (exact) mass is 221 g/mol. The highest BCUT2D eigenvalue weighted by molar-refractivity contribution is 5.95. The number of rotatable bonds is 3. The molecule has 0 spiro atoms. The molecule has 0 aliphatic heterocycles. The molecule has 0 fully saturated rings. The SMILES string of the molecule is COC(=O)c1ccccc1NCC(C)(C)C. The number of esters is 1. The van der Waals surface area contributed by atoms with Crippen molar-refractivity contribution in [2.75, 3.05) is 19.0 Å². The molecule has 1 N–H and O–H groups in total. The first-order valence-electron chi connectivity index (χ1n) is 5.35. The van der Waals surface area contributed by atoms with Gasteiger partial charge in [-0.15, -0.1) is 0 Å². The predicted octanol–water partition coefficient (Wildman–Crippen LogP) is 2.93. The average molecular weight is 221 g/mol. The minimum absolute atomic E-state index is 0.170. The highest BCUT2D eigenvalue weighted by atomic mass is 16.5. The predicted molar refractivity (Wildman–Crippen MR) is 65.7 cm³/mol. The summed E-state index contributed by atoms with van der Waals surface area (Å²) in [6, 6.07) is 7.38. The number of carbonyl (C=O) groups excluding carboxylic acids is 1. The molecule has 0 atom stereocenters. The summed E-state index contributed by atoms with van der Waals surface area (Å²) in [5, 5.41) is 3.27. The van der Waals surface area contributed by atoms with Crippen molar-refractivity contribution in [3.05, 3.63) is 29.8 Å². The molecule has 0 saturated carbocycles. The zero-order chi connectivity index (χ0) is 12.2. The largest absolute Gasteiger partial charge is 0.465 e. The number of ether oxygens (including phenoxy) is 1. The van der Waals surface area contributed by atoms with Gasteiger partial charge in [0.15, 0.2) is 0 Å². The first-order chi connectivity index (χ1) is 7.44. The van der Waals surface area contributed by atoms with Crippen molar-refractivity contribution in [1.29, 1.82) is 0 Å². The van der Waals surface area contributed by atoms with E-state index >= 15 is 0 Å². The number of hydrogen-bond donors (Lipinski definition) is 1. The second kappa shape index (κ2) is 5.01. The lowest BCUT2D eigenvalue weighted by Gasteiger charge is -2.20. The van der Waals surface area contributed by atoms with Crippen LogP contribution in [0.1, 0.15) is 31.1 Å². The van der Waals surface area contributed by atoms with E-state index in [1.54, 1.807) is 6.07 Å². The maximum Gasteiger partial charge on any atom is 0.339 e. The van der Waals surface area contributed by atoms with Gasteiger partial charge in [-0.05, 0) is 17.5 Å². The van der Waals surface area contributed by atoms with Gasteiger partial charge in [0.25, 0.3) is 0 Å². The van der Waals surface area contributed by atoms with Gasteiger partial charge in [0.1, 0.15) is 0 Å². The fourth-order valence-corrected chi connectivity index (χ4v) is 1.29. The van der Waals surface area contributed by atoms with Gasteiger partial charge in [-0.1, -0.05) is 32.9 Å². The van der Waals surface area contributed by atoms with Crippen LogP contribution >= 0.6 is 0 Å². The van der Waals surface area contributed by atoms with Crippen molar-refractivity contribution in [2.24, 2.45) is 5.41 Å². The molecule has 0 radical (unpaired) electrons. The number of anilines is 1. The van der Waals surface area contributed by atoms with Crippen molar-refractivity contribution >= 4 is 11.7 Å². The Labute approximate surface area is 96.8 Å². The Bertz CT molecular complexity index is 366. The van der Waals surface area contributed by atoms with Crippen molar-refractivity contribution in [3.63, 3.8) is 0 Å². The Kier molecular flexibility index (Phi) is 3.93. The summed E-state index contributed by atoms with van der Waals surface area (Å²) in [6.45, 7) is 7.23. The van der Waals surface area contributed by atoms with Gasteiger partial charge in [0, 0.05) is 12.2 Å². The molecular weight excluding hydrogens is 202 g/mol. The molecular formula is C13H19NO2. The van der Waals surface area contributed by atoms with Gasteiger partial charge in [-0.2, -0.15) is 0 Å². The van der Waals surface area contributed by atoms with Gasteiger partial charge >= 0.3 is 5.97 Å². The van der Waals surface area contributed by atoms with Crippen LogP contribution in [-0.2, 0) is 4.74 Å². The summed E-state index contributed by atoms with van der Waals surface area (Å²) in [5.74, 6) is -0.308. The minimum atomic E-state index is -0.308. The number of hydrogen-bond acceptors (Lipinski definition) is 3. The van der Waals surface area contributed by atoms with E-state index in [-0.39, 0.29) is 11.4 Å². The molecule has 3 nitrogen and oxygen atoms in total. The van der Waals surface area contributed by atoms with Crippen molar-refractivity contribution < 1.29 is 9.53 Å². The smallest absolute Gasteiger partial charge is 0.339 e. The van der Waals surface area contributed by atoms with Crippen LogP contribution in [0, 0.1) is 5.41 Å². The third kappa shape index (κ3) is 3.57. The first kappa shape index (κ1) is 12.6. The van der Waals surface area contributed by atoms with Crippen molar-refractivity contribution in [1.82, 2.24) is 0 Å². The van der Waals surface area contributed by atoms with E-state index < -0.39 is 0 Å². The van der Waals surface area contributed by atoms with Crippen LogP contribution in [0.25, 0.3) is 0 Å². The summed E-state index contributed by atoms with van der Waals surface area (Å²) < 4.78 is 4.73. The molecule has 1 rings (SSSR count). The quantitative estimate of drug-likeness (QED) is 0.797. The second-order valence-corrected chi connectivity index (χ2v) is 4.95. The third-order valence-electron chi connectivity index (χ3n) is 2.14. The summed E-state index contributed by atoms with van der Waals surface area (Å²) in [5.41, 5.74) is 1.57. The van der Waals surface area contributed by atoms with E-state index in [1.807, 2.05) is 18.2 Å². The fraction of sp³-hybridized carbons (Fsp3) is 0.462. The maximum atomic E-state index is 11.5. The molecule has 1 aromatic rings. The normalized spacial score (nSPS) is 11.0. The number of benzene rings is 1. The zero-order valence-electron chi connectivity index (χ0n) is 10.3. The molecule has 0 aromatic heterocycles. The first-order valence-corrected chi connectivity index (χ1v) is 5.35. The zero-order valence-corrected chi connectivity index (χ0v) is 10.3. The Morgan fingerprint density at radius 1 is 1.31 bits per heavy atom. The van der Waals surface area contributed by atoms with Crippen LogP contribution in [0.5, 0.6) is 0 Å². The van der Waals surface area contributed by atoms with Crippen LogP contribution in [0.4, 0.5) is 5.69 Å². The standard InChI is InChI=1S/C13H19NO2/c1-13(2,3)9-14-11-8-6-5-7-10(11)12(15)16-4/h5-8,14H,9H2,1-4H3. The molecule has 0 aliphatic rings. The van der Waals surface area contributed by atoms with Crippen LogP contribution in [0.2, 0.25) is 0 Å². The van der Waals surface area contributed by atoms with Crippen LogP contribution < -0.4 is 5.32 Å². The van der Waals surface area contributed by atoms with Crippen LogP contribution in [0.15, 0.2) is 24.3 Å². The summed E-state index contributed by atoms with van der Waals surface area (Å²) in [7, 11) is 1.39.